The Kier molecular flexibility index (Phi) is 6.45. The van der Waals surface area contributed by atoms with Crippen LogP contribution in [0.15, 0.2) is 12.2 Å². The van der Waals surface area contributed by atoms with Gasteiger partial charge >= 0.3 is 0 Å². The van der Waals surface area contributed by atoms with Gasteiger partial charge in [0.1, 0.15) is 0 Å². The van der Waals surface area contributed by atoms with Gasteiger partial charge in [0, 0.05) is 6.54 Å². The van der Waals surface area contributed by atoms with E-state index in [4.69, 9.17) is 5.73 Å². The summed E-state index contributed by atoms with van der Waals surface area (Å²) in [4.78, 5) is 23.6. The molecule has 0 unspecified atom stereocenters. The lowest BCUT2D eigenvalue weighted by molar-refractivity contribution is -0.131. The third-order valence-corrected chi connectivity index (χ3v) is 1.75. The van der Waals surface area contributed by atoms with E-state index in [0.717, 1.165) is 12.8 Å². The van der Waals surface area contributed by atoms with Gasteiger partial charge in [-0.2, -0.15) is 0 Å². The Labute approximate surface area is 84.8 Å². The molecule has 0 aliphatic carbocycles. The molecular formula is C10H18N2O2. The lowest BCUT2D eigenvalue weighted by Crippen LogP contribution is -2.38. The van der Waals surface area contributed by atoms with E-state index in [-0.39, 0.29) is 12.5 Å². The molecule has 0 aromatic heterocycles. The zero-order chi connectivity index (χ0) is 11.0. The second kappa shape index (κ2) is 7.12. The normalized spacial score (nSPS) is 10.4. The minimum absolute atomic E-state index is 0.00315. The summed E-state index contributed by atoms with van der Waals surface area (Å²) in [5.41, 5.74) is 5.04. The van der Waals surface area contributed by atoms with Gasteiger partial charge in [-0.15, -0.1) is 0 Å². The molecule has 4 heteroatoms. The summed E-state index contributed by atoms with van der Waals surface area (Å²) < 4.78 is 0. The van der Waals surface area contributed by atoms with Crippen molar-refractivity contribution in [1.82, 2.24) is 4.90 Å². The largest absolute Gasteiger partial charge is 0.368 e. The van der Waals surface area contributed by atoms with Crippen LogP contribution in [-0.2, 0) is 9.59 Å². The first-order valence-corrected chi connectivity index (χ1v) is 4.81. The number of primary amides is 1. The first-order valence-electron chi connectivity index (χ1n) is 4.81. The highest BCUT2D eigenvalue weighted by atomic mass is 16.2. The molecule has 0 aromatic carbocycles. The van der Waals surface area contributed by atoms with Crippen molar-refractivity contribution in [3.05, 3.63) is 12.2 Å². The van der Waals surface area contributed by atoms with Crippen LogP contribution in [0.4, 0.5) is 0 Å². The lowest BCUT2D eigenvalue weighted by atomic mass is 10.3. The van der Waals surface area contributed by atoms with Crippen LogP contribution in [0.25, 0.3) is 0 Å². The zero-order valence-electron chi connectivity index (χ0n) is 8.82. The van der Waals surface area contributed by atoms with Gasteiger partial charge in [-0.25, -0.2) is 0 Å². The maximum absolute atomic E-state index is 11.4. The van der Waals surface area contributed by atoms with Gasteiger partial charge in [-0.3, -0.25) is 9.59 Å². The molecule has 0 bridgehead atoms. The van der Waals surface area contributed by atoms with E-state index < -0.39 is 5.91 Å². The van der Waals surface area contributed by atoms with Crippen molar-refractivity contribution in [1.29, 1.82) is 0 Å². The van der Waals surface area contributed by atoms with Crippen LogP contribution < -0.4 is 5.73 Å². The molecule has 0 aliphatic rings. The fraction of sp³-hybridized carbons (Fsp3) is 0.600. The molecule has 80 valence electrons. The van der Waals surface area contributed by atoms with E-state index in [1.165, 1.54) is 11.0 Å². The van der Waals surface area contributed by atoms with Crippen molar-refractivity contribution in [2.75, 3.05) is 13.1 Å². The van der Waals surface area contributed by atoms with Crippen LogP contribution in [0.1, 0.15) is 26.7 Å². The summed E-state index contributed by atoms with van der Waals surface area (Å²) in [7, 11) is 0. The summed E-state index contributed by atoms with van der Waals surface area (Å²) >= 11 is 0. The molecule has 0 radical (unpaired) electrons. The van der Waals surface area contributed by atoms with Crippen LogP contribution in [0.3, 0.4) is 0 Å². The summed E-state index contributed by atoms with van der Waals surface area (Å²) in [5.74, 6) is -0.626. The van der Waals surface area contributed by atoms with Crippen LogP contribution in [0.5, 0.6) is 0 Å². The SMILES string of the molecule is CC=CC(=O)N(CCCC)CC(N)=O. The van der Waals surface area contributed by atoms with E-state index in [1.807, 2.05) is 6.92 Å². The molecule has 0 fully saturated rings. The molecule has 0 heterocycles. The number of nitrogens with two attached hydrogens (primary N) is 1. The molecule has 2 amide bonds. The topological polar surface area (TPSA) is 63.4 Å². The van der Waals surface area contributed by atoms with E-state index in [1.54, 1.807) is 13.0 Å². The molecule has 0 saturated heterocycles. The summed E-state index contributed by atoms with van der Waals surface area (Å²) in [6.07, 6.45) is 4.97. The van der Waals surface area contributed by atoms with Crippen molar-refractivity contribution in [3.63, 3.8) is 0 Å². The number of carbonyl (C=O) groups excluding carboxylic acids is 2. The van der Waals surface area contributed by atoms with Gasteiger partial charge in [-0.05, 0) is 19.4 Å². The number of unbranched alkanes of at least 4 members (excludes halogenated alkanes) is 1. The second-order valence-corrected chi connectivity index (χ2v) is 3.08. The quantitative estimate of drug-likeness (QED) is 0.638. The Hall–Kier alpha value is -1.32. The summed E-state index contributed by atoms with van der Waals surface area (Å²) in [6.45, 7) is 4.38. The Bertz CT molecular complexity index is 224. The second-order valence-electron chi connectivity index (χ2n) is 3.08. The molecule has 2 N–H and O–H groups in total. The molecule has 0 aliphatic heterocycles. The third kappa shape index (κ3) is 5.35. The third-order valence-electron chi connectivity index (χ3n) is 1.75. The van der Waals surface area contributed by atoms with Crippen molar-refractivity contribution in [3.8, 4) is 0 Å². The van der Waals surface area contributed by atoms with Gasteiger partial charge in [0.2, 0.25) is 11.8 Å². The standard InChI is InChI=1S/C10H18N2O2/c1-3-5-7-12(8-9(11)13)10(14)6-4-2/h4,6H,3,5,7-8H2,1-2H3,(H2,11,13). The van der Waals surface area contributed by atoms with Crippen molar-refractivity contribution < 1.29 is 9.59 Å². The van der Waals surface area contributed by atoms with Crippen molar-refractivity contribution >= 4 is 11.8 Å². The molecular weight excluding hydrogens is 180 g/mol. The van der Waals surface area contributed by atoms with Crippen molar-refractivity contribution in [2.24, 2.45) is 5.73 Å². The minimum Gasteiger partial charge on any atom is -0.368 e. The highest BCUT2D eigenvalue weighted by Crippen LogP contribution is 1.96. The predicted octanol–water partition coefficient (Wildman–Crippen LogP) is 0.676. The molecule has 0 rings (SSSR count). The fourth-order valence-electron chi connectivity index (χ4n) is 1.05. The monoisotopic (exact) mass is 198 g/mol. The number of amides is 2. The van der Waals surface area contributed by atoms with E-state index in [2.05, 4.69) is 0 Å². The number of nitrogens with zero attached hydrogens (tertiary/aromatic N) is 1. The van der Waals surface area contributed by atoms with E-state index in [9.17, 15) is 9.59 Å². The molecule has 0 atom stereocenters. The highest BCUT2D eigenvalue weighted by molar-refractivity contribution is 5.90. The lowest BCUT2D eigenvalue weighted by Gasteiger charge is -2.18. The first-order chi connectivity index (χ1) is 6.61. The molecule has 14 heavy (non-hydrogen) atoms. The van der Waals surface area contributed by atoms with Crippen LogP contribution in [0.2, 0.25) is 0 Å². The Morgan fingerprint density at radius 3 is 2.50 bits per heavy atom. The molecule has 4 nitrogen and oxygen atoms in total. The minimum atomic E-state index is -0.473. The van der Waals surface area contributed by atoms with E-state index in [0.29, 0.717) is 6.54 Å². The Morgan fingerprint density at radius 1 is 1.43 bits per heavy atom. The zero-order valence-corrected chi connectivity index (χ0v) is 8.82. The smallest absolute Gasteiger partial charge is 0.246 e. The summed E-state index contributed by atoms with van der Waals surface area (Å²) in [6, 6.07) is 0. The Balaban J connectivity index is 4.22. The molecule has 0 saturated carbocycles. The number of hydrogen-bond donors (Lipinski definition) is 1. The van der Waals surface area contributed by atoms with Crippen molar-refractivity contribution in [2.45, 2.75) is 26.7 Å². The van der Waals surface area contributed by atoms with Gasteiger partial charge in [0.25, 0.3) is 0 Å². The summed E-state index contributed by atoms with van der Waals surface area (Å²) in [5, 5.41) is 0. The average molecular weight is 198 g/mol. The average Bonchev–Trinajstić information content (AvgIpc) is 2.12. The number of carbonyl (C=O) groups is 2. The first kappa shape index (κ1) is 12.7. The van der Waals surface area contributed by atoms with Gasteiger partial charge in [0.15, 0.2) is 0 Å². The number of hydrogen-bond acceptors (Lipinski definition) is 2. The van der Waals surface area contributed by atoms with Gasteiger partial charge in [-0.1, -0.05) is 19.4 Å². The molecule has 0 spiro atoms. The predicted molar refractivity (Wildman–Crippen MR) is 55.5 cm³/mol. The van der Waals surface area contributed by atoms with Gasteiger partial charge < -0.3 is 10.6 Å². The maximum Gasteiger partial charge on any atom is 0.246 e. The number of rotatable bonds is 6. The maximum atomic E-state index is 11.4. The van der Waals surface area contributed by atoms with Crippen LogP contribution in [-0.4, -0.2) is 29.8 Å². The van der Waals surface area contributed by atoms with Crippen LogP contribution in [0, 0.1) is 0 Å². The fourth-order valence-corrected chi connectivity index (χ4v) is 1.05. The highest BCUT2D eigenvalue weighted by Gasteiger charge is 2.11. The molecule has 0 aromatic rings. The van der Waals surface area contributed by atoms with E-state index >= 15 is 0 Å². The Morgan fingerprint density at radius 2 is 2.07 bits per heavy atom. The van der Waals surface area contributed by atoms with Crippen LogP contribution >= 0.6 is 0 Å². The number of allylic oxidation sites excluding steroid dienone is 1. The van der Waals surface area contributed by atoms with Gasteiger partial charge in [0.05, 0.1) is 6.54 Å².